The number of nitrogens with one attached hydrogen (secondary N) is 2. The van der Waals surface area contributed by atoms with Crippen molar-refractivity contribution in [3.8, 4) is 0 Å². The number of carbonyl (C=O) groups excluding carboxylic acids is 2. The van der Waals surface area contributed by atoms with Crippen molar-refractivity contribution in [2.24, 2.45) is 0 Å². The number of rotatable bonds is 11. The smallest absolute Gasteiger partial charge is 0.271 e. The number of hydrogen-bond acceptors (Lipinski definition) is 7. The van der Waals surface area contributed by atoms with E-state index in [0.717, 1.165) is 11.8 Å². The van der Waals surface area contributed by atoms with Gasteiger partial charge in [0.25, 0.3) is 5.69 Å². The van der Waals surface area contributed by atoms with Crippen molar-refractivity contribution in [3.05, 3.63) is 92.7 Å². The molecule has 0 atom stereocenters. The van der Waals surface area contributed by atoms with Crippen LogP contribution in [0, 0.1) is 10.1 Å². The molecule has 0 fully saturated rings. The Morgan fingerprint density at radius 2 is 1.94 bits per heavy atom. The van der Waals surface area contributed by atoms with E-state index in [1.807, 2.05) is 6.07 Å². The van der Waals surface area contributed by atoms with Gasteiger partial charge in [0.05, 0.1) is 27.9 Å². The second-order valence-electron chi connectivity index (χ2n) is 7.13. The number of allylic oxidation sites excluding steroid dienone is 1. The molecule has 0 aliphatic rings. The maximum Gasteiger partial charge on any atom is 0.271 e. The van der Waals surface area contributed by atoms with Gasteiger partial charge in [-0.15, -0.1) is 16.8 Å². The standard InChI is InChI=1S/C23H20Cl2N6O4S/c1-2-11-30-20(13-26-21(32)10-7-15-5-3-4-6-17(15)24)28-29-23(30)36-14-22(33)27-19-12-16(31(34)35)8-9-18(19)25/h2-10,12H,1,11,13-14H2,(H,26,32)(H,27,33). The lowest BCUT2D eigenvalue weighted by Gasteiger charge is -2.09. The Hall–Kier alpha value is -3.67. The molecule has 1 aromatic heterocycles. The number of thioether (sulfide) groups is 1. The van der Waals surface area contributed by atoms with Gasteiger partial charge in [0.2, 0.25) is 11.8 Å². The molecule has 2 N–H and O–H groups in total. The Bertz CT molecular complexity index is 1330. The van der Waals surface area contributed by atoms with E-state index in [-0.39, 0.29) is 34.6 Å². The Morgan fingerprint density at radius 3 is 2.67 bits per heavy atom. The number of benzene rings is 2. The van der Waals surface area contributed by atoms with Crippen molar-refractivity contribution >= 4 is 64.2 Å². The Labute approximate surface area is 220 Å². The normalized spacial score (nSPS) is 10.8. The number of nitro benzene ring substituents is 1. The molecule has 0 saturated heterocycles. The molecule has 3 rings (SSSR count). The van der Waals surface area contributed by atoms with E-state index < -0.39 is 10.8 Å². The van der Waals surface area contributed by atoms with Gasteiger partial charge in [-0.25, -0.2) is 0 Å². The fourth-order valence-electron chi connectivity index (χ4n) is 2.91. The van der Waals surface area contributed by atoms with E-state index in [0.29, 0.717) is 28.1 Å². The molecule has 36 heavy (non-hydrogen) atoms. The van der Waals surface area contributed by atoms with Crippen LogP contribution in [-0.2, 0) is 22.7 Å². The number of non-ortho nitro benzene ring substituents is 1. The number of aromatic nitrogens is 3. The van der Waals surface area contributed by atoms with Gasteiger partial charge < -0.3 is 15.2 Å². The van der Waals surface area contributed by atoms with Gasteiger partial charge in [-0.1, -0.05) is 59.2 Å². The first kappa shape index (κ1) is 26.9. The van der Waals surface area contributed by atoms with E-state index >= 15 is 0 Å². The molecule has 10 nitrogen and oxygen atoms in total. The Morgan fingerprint density at radius 1 is 1.17 bits per heavy atom. The molecule has 2 aromatic carbocycles. The molecule has 0 aliphatic carbocycles. The molecule has 2 amide bonds. The Balaban J connectivity index is 1.60. The second kappa shape index (κ2) is 12.9. The van der Waals surface area contributed by atoms with Crippen molar-refractivity contribution in [1.29, 1.82) is 0 Å². The molecule has 0 radical (unpaired) electrons. The number of amides is 2. The van der Waals surface area contributed by atoms with Gasteiger partial charge in [-0.3, -0.25) is 19.7 Å². The van der Waals surface area contributed by atoms with E-state index in [9.17, 15) is 19.7 Å². The van der Waals surface area contributed by atoms with Crippen molar-refractivity contribution in [3.63, 3.8) is 0 Å². The maximum absolute atomic E-state index is 12.4. The van der Waals surface area contributed by atoms with Crippen LogP contribution in [0.5, 0.6) is 0 Å². The fourth-order valence-corrected chi connectivity index (χ4v) is 4.04. The lowest BCUT2D eigenvalue weighted by atomic mass is 10.2. The van der Waals surface area contributed by atoms with Gasteiger partial charge in [-0.2, -0.15) is 0 Å². The summed E-state index contributed by atoms with van der Waals surface area (Å²) in [5.41, 5.74) is 0.659. The van der Waals surface area contributed by atoms with Gasteiger partial charge in [0.1, 0.15) is 0 Å². The molecule has 186 valence electrons. The summed E-state index contributed by atoms with van der Waals surface area (Å²) in [6, 6.07) is 10.9. The lowest BCUT2D eigenvalue weighted by Crippen LogP contribution is -2.23. The summed E-state index contributed by atoms with van der Waals surface area (Å²) in [5, 5.41) is 25.6. The fraction of sp³-hybridized carbons (Fsp3) is 0.130. The minimum Gasteiger partial charge on any atom is -0.345 e. The van der Waals surface area contributed by atoms with E-state index in [1.165, 1.54) is 24.3 Å². The molecular weight excluding hydrogens is 527 g/mol. The SMILES string of the molecule is C=CCn1c(CNC(=O)C=Cc2ccccc2Cl)nnc1SCC(=O)Nc1cc([N+](=O)[O-])ccc1Cl. The molecule has 3 aromatic rings. The first-order valence-corrected chi connectivity index (χ1v) is 12.1. The van der Waals surface area contributed by atoms with Gasteiger partial charge >= 0.3 is 0 Å². The summed E-state index contributed by atoms with van der Waals surface area (Å²) in [6.45, 7) is 4.18. The van der Waals surface area contributed by atoms with Crippen LogP contribution < -0.4 is 10.6 Å². The number of nitro groups is 1. The largest absolute Gasteiger partial charge is 0.345 e. The summed E-state index contributed by atoms with van der Waals surface area (Å²) in [5.74, 6) is -0.360. The van der Waals surface area contributed by atoms with Gasteiger partial charge in [-0.05, 0) is 23.8 Å². The van der Waals surface area contributed by atoms with Crippen molar-refractivity contribution in [2.45, 2.75) is 18.2 Å². The minimum absolute atomic E-state index is 0.0543. The highest BCUT2D eigenvalue weighted by Crippen LogP contribution is 2.27. The van der Waals surface area contributed by atoms with Crippen LogP contribution in [0.1, 0.15) is 11.4 Å². The van der Waals surface area contributed by atoms with Gasteiger partial charge in [0, 0.05) is 29.8 Å². The average Bonchev–Trinajstić information content (AvgIpc) is 3.23. The molecule has 0 bridgehead atoms. The number of hydrogen-bond donors (Lipinski definition) is 2. The van der Waals surface area contributed by atoms with E-state index in [1.54, 1.807) is 34.9 Å². The lowest BCUT2D eigenvalue weighted by molar-refractivity contribution is -0.384. The highest BCUT2D eigenvalue weighted by Gasteiger charge is 2.16. The summed E-state index contributed by atoms with van der Waals surface area (Å²) < 4.78 is 1.71. The highest BCUT2D eigenvalue weighted by atomic mass is 35.5. The van der Waals surface area contributed by atoms with Crippen LogP contribution in [-0.4, -0.2) is 37.3 Å². The van der Waals surface area contributed by atoms with Crippen LogP contribution in [0.4, 0.5) is 11.4 Å². The Kier molecular flexibility index (Phi) is 9.62. The zero-order valence-corrected chi connectivity index (χ0v) is 21.0. The van der Waals surface area contributed by atoms with E-state index in [2.05, 4.69) is 27.4 Å². The first-order chi connectivity index (χ1) is 17.3. The van der Waals surface area contributed by atoms with Crippen LogP contribution in [0.15, 0.2) is 66.4 Å². The predicted octanol–water partition coefficient (Wildman–Crippen LogP) is 4.74. The molecule has 1 heterocycles. The number of halogens is 2. The third kappa shape index (κ3) is 7.41. The molecule has 13 heteroatoms. The maximum atomic E-state index is 12.4. The zero-order valence-electron chi connectivity index (χ0n) is 18.7. The van der Waals surface area contributed by atoms with E-state index in [4.69, 9.17) is 23.2 Å². The molecule has 0 aliphatic heterocycles. The molecule has 0 saturated carbocycles. The molecule has 0 unspecified atom stereocenters. The summed E-state index contributed by atoms with van der Waals surface area (Å²) in [7, 11) is 0. The minimum atomic E-state index is -0.578. The zero-order chi connectivity index (χ0) is 26.1. The quantitative estimate of drug-likeness (QED) is 0.117. The third-order valence-electron chi connectivity index (χ3n) is 4.61. The summed E-state index contributed by atoms with van der Waals surface area (Å²) >= 11 is 13.2. The van der Waals surface area contributed by atoms with Crippen LogP contribution in [0.25, 0.3) is 6.08 Å². The molecular formula is C23H20Cl2N6O4S. The predicted molar refractivity (Wildman–Crippen MR) is 140 cm³/mol. The van der Waals surface area contributed by atoms with Crippen molar-refractivity contribution in [2.75, 3.05) is 11.1 Å². The third-order valence-corrected chi connectivity index (χ3v) is 6.25. The number of carbonyl (C=O) groups is 2. The van der Waals surface area contributed by atoms with Crippen LogP contribution in [0.3, 0.4) is 0 Å². The second-order valence-corrected chi connectivity index (χ2v) is 8.89. The summed E-state index contributed by atoms with van der Waals surface area (Å²) in [4.78, 5) is 35.0. The summed E-state index contributed by atoms with van der Waals surface area (Å²) in [6.07, 6.45) is 4.62. The topological polar surface area (TPSA) is 132 Å². The number of nitrogens with zero attached hydrogens (tertiary/aromatic N) is 4. The van der Waals surface area contributed by atoms with Crippen LogP contribution >= 0.6 is 35.0 Å². The van der Waals surface area contributed by atoms with Crippen molar-refractivity contribution in [1.82, 2.24) is 20.1 Å². The molecule has 0 spiro atoms. The highest BCUT2D eigenvalue weighted by molar-refractivity contribution is 7.99. The van der Waals surface area contributed by atoms with Crippen LogP contribution in [0.2, 0.25) is 10.0 Å². The van der Waals surface area contributed by atoms with Crippen molar-refractivity contribution < 1.29 is 14.5 Å². The monoisotopic (exact) mass is 546 g/mol. The average molecular weight is 547 g/mol. The number of anilines is 1. The van der Waals surface area contributed by atoms with Gasteiger partial charge in [0.15, 0.2) is 11.0 Å². The first-order valence-electron chi connectivity index (χ1n) is 10.4.